The SMILES string of the molecule is C=CCN=NC=CC[N+](C)=Cc1ccccc1N. The van der Waals surface area contributed by atoms with Crippen LogP contribution in [0.5, 0.6) is 0 Å². The minimum absolute atomic E-state index is 0.548. The highest BCUT2D eigenvalue weighted by Gasteiger charge is 1.98. The molecule has 0 unspecified atom stereocenters. The van der Waals surface area contributed by atoms with Crippen molar-refractivity contribution < 1.29 is 4.58 Å². The van der Waals surface area contributed by atoms with Gasteiger partial charge in [0.25, 0.3) is 0 Å². The van der Waals surface area contributed by atoms with Gasteiger partial charge in [0.05, 0.1) is 18.3 Å². The molecule has 0 aliphatic rings. The first-order valence-electron chi connectivity index (χ1n) is 5.76. The topological polar surface area (TPSA) is 53.8 Å². The number of benzene rings is 1. The van der Waals surface area contributed by atoms with Gasteiger partial charge in [-0.1, -0.05) is 18.2 Å². The van der Waals surface area contributed by atoms with E-state index in [4.69, 9.17) is 5.73 Å². The summed E-state index contributed by atoms with van der Waals surface area (Å²) in [5.41, 5.74) is 7.65. The molecule has 94 valence electrons. The predicted molar refractivity (Wildman–Crippen MR) is 76.1 cm³/mol. The van der Waals surface area contributed by atoms with Crippen LogP contribution in [0.2, 0.25) is 0 Å². The van der Waals surface area contributed by atoms with Gasteiger partial charge >= 0.3 is 0 Å². The number of rotatable bonds is 6. The Morgan fingerprint density at radius 2 is 2.17 bits per heavy atom. The van der Waals surface area contributed by atoms with Crippen molar-refractivity contribution in [3.05, 3.63) is 54.8 Å². The number of para-hydroxylation sites is 1. The molecule has 1 aromatic carbocycles. The van der Waals surface area contributed by atoms with Gasteiger partial charge in [0.15, 0.2) is 12.8 Å². The molecule has 0 atom stereocenters. The Labute approximate surface area is 108 Å². The Morgan fingerprint density at radius 1 is 1.39 bits per heavy atom. The zero-order valence-electron chi connectivity index (χ0n) is 10.7. The van der Waals surface area contributed by atoms with E-state index in [1.807, 2.05) is 48.2 Å². The van der Waals surface area contributed by atoms with Gasteiger partial charge in [-0.3, -0.25) is 0 Å². The van der Waals surface area contributed by atoms with Crippen LogP contribution in [0.1, 0.15) is 5.56 Å². The zero-order chi connectivity index (χ0) is 13.2. The van der Waals surface area contributed by atoms with E-state index in [-0.39, 0.29) is 0 Å². The van der Waals surface area contributed by atoms with Crippen molar-refractivity contribution in [1.82, 2.24) is 0 Å². The van der Waals surface area contributed by atoms with Crippen LogP contribution >= 0.6 is 0 Å². The third-order valence-electron chi connectivity index (χ3n) is 2.21. The smallest absolute Gasteiger partial charge is 0.172 e. The maximum absolute atomic E-state index is 5.86. The molecule has 0 bridgehead atoms. The Morgan fingerprint density at radius 3 is 2.89 bits per heavy atom. The van der Waals surface area contributed by atoms with Crippen LogP contribution in [0.3, 0.4) is 0 Å². The Bertz CT molecular complexity index is 472. The molecule has 0 aliphatic heterocycles. The molecule has 0 aromatic heterocycles. The van der Waals surface area contributed by atoms with Crippen LogP contribution < -0.4 is 5.73 Å². The number of nitrogens with two attached hydrogens (primary N) is 1. The number of hydrogen-bond donors (Lipinski definition) is 1. The van der Waals surface area contributed by atoms with Crippen molar-refractivity contribution in [2.24, 2.45) is 10.2 Å². The molecule has 1 rings (SSSR count). The van der Waals surface area contributed by atoms with E-state index in [0.717, 1.165) is 17.8 Å². The summed E-state index contributed by atoms with van der Waals surface area (Å²) in [6.45, 7) is 4.86. The fraction of sp³-hybridized carbons (Fsp3) is 0.214. The monoisotopic (exact) mass is 243 g/mol. The fourth-order valence-corrected chi connectivity index (χ4v) is 1.33. The highest BCUT2D eigenvalue weighted by molar-refractivity contribution is 5.83. The van der Waals surface area contributed by atoms with Crippen LogP contribution in [0.25, 0.3) is 0 Å². The van der Waals surface area contributed by atoms with Crippen molar-refractivity contribution in [2.75, 3.05) is 25.9 Å². The van der Waals surface area contributed by atoms with Gasteiger partial charge in [0.2, 0.25) is 0 Å². The summed E-state index contributed by atoms with van der Waals surface area (Å²) in [5.74, 6) is 0. The van der Waals surface area contributed by atoms with E-state index in [2.05, 4.69) is 16.8 Å². The highest BCUT2D eigenvalue weighted by atomic mass is 15.1. The van der Waals surface area contributed by atoms with Crippen LogP contribution in [0, 0.1) is 0 Å². The lowest BCUT2D eigenvalue weighted by atomic mass is 10.2. The molecule has 0 radical (unpaired) electrons. The van der Waals surface area contributed by atoms with Crippen LogP contribution in [-0.2, 0) is 0 Å². The third-order valence-corrected chi connectivity index (χ3v) is 2.21. The van der Waals surface area contributed by atoms with Crippen LogP contribution in [0.4, 0.5) is 5.69 Å². The van der Waals surface area contributed by atoms with Gasteiger partial charge < -0.3 is 5.73 Å². The largest absolute Gasteiger partial charge is 0.398 e. The normalized spacial score (nSPS) is 12.4. The van der Waals surface area contributed by atoms with E-state index < -0.39 is 0 Å². The Balaban J connectivity index is 2.53. The Hall–Kier alpha value is -2.23. The molecular weight excluding hydrogens is 224 g/mol. The summed E-state index contributed by atoms with van der Waals surface area (Å²) in [6, 6.07) is 7.76. The van der Waals surface area contributed by atoms with Crippen molar-refractivity contribution in [3.63, 3.8) is 0 Å². The van der Waals surface area contributed by atoms with Gasteiger partial charge in [-0.25, -0.2) is 4.58 Å². The summed E-state index contributed by atoms with van der Waals surface area (Å²) in [4.78, 5) is 0. The third kappa shape index (κ3) is 5.21. The first-order valence-corrected chi connectivity index (χ1v) is 5.76. The summed E-state index contributed by atoms with van der Waals surface area (Å²) < 4.78 is 2.03. The molecule has 0 heterocycles. The lowest BCUT2D eigenvalue weighted by molar-refractivity contribution is -0.481. The predicted octanol–water partition coefficient (Wildman–Crippen LogP) is 2.48. The minimum Gasteiger partial charge on any atom is -0.398 e. The van der Waals surface area contributed by atoms with Gasteiger partial charge in [0, 0.05) is 5.69 Å². The standard InChI is InChI=1S/C14H18N4/c1-3-9-16-17-10-6-11-18(2)12-13-7-4-5-8-14(13)15/h3-8,10,12,15H,1,9,11H2,2H3/p+1. The van der Waals surface area contributed by atoms with E-state index in [1.165, 1.54) is 0 Å². The van der Waals surface area contributed by atoms with Crippen molar-refractivity contribution >= 4 is 11.9 Å². The highest BCUT2D eigenvalue weighted by Crippen LogP contribution is 2.06. The average molecular weight is 243 g/mol. The van der Waals surface area contributed by atoms with Gasteiger partial charge in [0.1, 0.15) is 7.05 Å². The molecule has 1 aromatic rings. The molecule has 0 fully saturated rings. The van der Waals surface area contributed by atoms with Crippen LogP contribution in [-0.4, -0.2) is 30.9 Å². The quantitative estimate of drug-likeness (QED) is 0.269. The number of nitrogens with zero attached hydrogens (tertiary/aromatic N) is 3. The second-order valence-electron chi connectivity index (χ2n) is 3.81. The average Bonchev–Trinajstić information content (AvgIpc) is 2.36. The second kappa shape index (κ2) is 7.95. The summed E-state index contributed by atoms with van der Waals surface area (Å²) in [7, 11) is 1.98. The number of azo groups is 1. The number of anilines is 1. The van der Waals surface area contributed by atoms with Gasteiger partial charge in [-0.05, 0) is 18.2 Å². The minimum atomic E-state index is 0.548. The molecule has 0 aliphatic carbocycles. The molecule has 4 heteroatoms. The van der Waals surface area contributed by atoms with E-state index in [9.17, 15) is 0 Å². The molecule has 0 amide bonds. The molecule has 2 N–H and O–H groups in total. The molecular formula is C14H19N4+. The van der Waals surface area contributed by atoms with Gasteiger partial charge in [-0.15, -0.1) is 6.58 Å². The maximum Gasteiger partial charge on any atom is 0.172 e. The van der Waals surface area contributed by atoms with Crippen molar-refractivity contribution in [2.45, 2.75) is 0 Å². The Kier molecular flexibility index (Phi) is 6.11. The van der Waals surface area contributed by atoms with E-state index >= 15 is 0 Å². The molecule has 18 heavy (non-hydrogen) atoms. The first kappa shape index (κ1) is 13.8. The number of hydrogen-bond acceptors (Lipinski definition) is 3. The lowest BCUT2D eigenvalue weighted by Crippen LogP contribution is -2.08. The van der Waals surface area contributed by atoms with Crippen LogP contribution in [0.15, 0.2) is 59.4 Å². The maximum atomic E-state index is 5.86. The lowest BCUT2D eigenvalue weighted by Gasteiger charge is -1.97. The van der Waals surface area contributed by atoms with Crippen molar-refractivity contribution in [3.8, 4) is 0 Å². The summed E-state index contributed by atoms with van der Waals surface area (Å²) in [5, 5.41) is 7.72. The molecule has 4 nitrogen and oxygen atoms in total. The molecule has 0 saturated heterocycles. The van der Waals surface area contributed by atoms with E-state index in [1.54, 1.807) is 12.3 Å². The summed E-state index contributed by atoms with van der Waals surface area (Å²) >= 11 is 0. The van der Waals surface area contributed by atoms with E-state index in [0.29, 0.717) is 6.54 Å². The molecule has 0 spiro atoms. The second-order valence-corrected chi connectivity index (χ2v) is 3.81. The first-order chi connectivity index (χ1) is 8.74. The van der Waals surface area contributed by atoms with Gasteiger partial charge in [-0.2, -0.15) is 10.2 Å². The molecule has 0 saturated carbocycles. The fourth-order valence-electron chi connectivity index (χ4n) is 1.33. The zero-order valence-corrected chi connectivity index (χ0v) is 10.7. The summed E-state index contributed by atoms with van der Waals surface area (Å²) in [6.07, 6.45) is 7.32. The van der Waals surface area contributed by atoms with Crippen molar-refractivity contribution in [1.29, 1.82) is 0 Å². The number of nitrogen functional groups attached to an aromatic ring is 1. The number of likely N-dealkylation sites (N-methyl/N-ethyl adjacent to an activating group) is 1.